The molecule has 0 aliphatic carbocycles. The van der Waals surface area contributed by atoms with E-state index in [-0.39, 0.29) is 6.04 Å². The van der Waals surface area contributed by atoms with E-state index < -0.39 is 0 Å². The molecule has 0 aromatic carbocycles. The Morgan fingerprint density at radius 2 is 2.29 bits per heavy atom. The number of aromatic nitrogens is 2. The number of nitrogens with zero attached hydrogens (tertiary/aromatic N) is 3. The van der Waals surface area contributed by atoms with Gasteiger partial charge in [-0.3, -0.25) is 0 Å². The Bertz CT molecular complexity index is 430. The van der Waals surface area contributed by atoms with E-state index in [4.69, 9.17) is 15.5 Å². The topological polar surface area (TPSA) is 56.3 Å². The lowest BCUT2D eigenvalue weighted by Gasteiger charge is -2.20. The summed E-state index contributed by atoms with van der Waals surface area (Å²) >= 11 is 0. The molecule has 5 heteroatoms. The van der Waals surface area contributed by atoms with Gasteiger partial charge in [0.05, 0.1) is 5.69 Å². The van der Waals surface area contributed by atoms with Crippen LogP contribution in [0.15, 0.2) is 6.20 Å². The first kappa shape index (κ1) is 16.3. The van der Waals surface area contributed by atoms with E-state index in [9.17, 15) is 0 Å². The Hall–Kier alpha value is -1.07. The normalized spacial score (nSPS) is 20.2. The molecule has 1 aromatic rings. The number of anilines is 1. The average Bonchev–Trinajstić information content (AvgIpc) is 3.09. The molecule has 2 heterocycles. The second-order valence-electron chi connectivity index (χ2n) is 5.98. The van der Waals surface area contributed by atoms with Crippen molar-refractivity contribution < 1.29 is 4.74 Å². The molecule has 2 atom stereocenters. The summed E-state index contributed by atoms with van der Waals surface area (Å²) in [7, 11) is 0. The monoisotopic (exact) mass is 294 g/mol. The number of aryl methyl sites for hydroxylation is 2. The van der Waals surface area contributed by atoms with Crippen molar-refractivity contribution in [1.29, 1.82) is 0 Å². The Labute approximate surface area is 128 Å². The number of ether oxygens (including phenoxy) is 1. The zero-order chi connectivity index (χ0) is 15.2. The molecular weight excluding hydrogens is 264 g/mol. The molecule has 0 bridgehead atoms. The van der Waals surface area contributed by atoms with Gasteiger partial charge in [-0.05, 0) is 39.0 Å². The van der Waals surface area contributed by atoms with Gasteiger partial charge < -0.3 is 19.9 Å². The molecule has 0 radical (unpaired) electrons. The fourth-order valence-corrected chi connectivity index (χ4v) is 2.93. The molecule has 120 valence electrons. The maximum absolute atomic E-state index is 6.05. The second-order valence-corrected chi connectivity index (χ2v) is 5.98. The van der Waals surface area contributed by atoms with Crippen molar-refractivity contribution >= 4 is 5.95 Å². The fourth-order valence-electron chi connectivity index (χ4n) is 2.93. The van der Waals surface area contributed by atoms with Crippen LogP contribution in [-0.2, 0) is 17.7 Å². The van der Waals surface area contributed by atoms with Crippen LogP contribution in [0.1, 0.15) is 39.3 Å². The van der Waals surface area contributed by atoms with Crippen molar-refractivity contribution in [3.8, 4) is 0 Å². The van der Waals surface area contributed by atoms with Crippen molar-refractivity contribution in [3.05, 3.63) is 11.9 Å². The van der Waals surface area contributed by atoms with E-state index in [1.54, 1.807) is 0 Å². The van der Waals surface area contributed by atoms with Crippen molar-refractivity contribution in [3.63, 3.8) is 0 Å². The summed E-state index contributed by atoms with van der Waals surface area (Å²) in [5, 5.41) is 0. The highest BCUT2D eigenvalue weighted by Gasteiger charge is 2.28. The van der Waals surface area contributed by atoms with Crippen LogP contribution in [0.4, 0.5) is 5.95 Å². The van der Waals surface area contributed by atoms with Gasteiger partial charge in [-0.25, -0.2) is 4.98 Å². The predicted molar refractivity (Wildman–Crippen MR) is 86.7 cm³/mol. The summed E-state index contributed by atoms with van der Waals surface area (Å²) in [6.07, 6.45) is 5.38. The lowest BCUT2D eigenvalue weighted by Crippen LogP contribution is -2.30. The van der Waals surface area contributed by atoms with Crippen LogP contribution in [-0.4, -0.2) is 41.9 Å². The minimum atomic E-state index is 0.266. The molecule has 1 aliphatic rings. The van der Waals surface area contributed by atoms with Crippen molar-refractivity contribution in [2.24, 2.45) is 11.7 Å². The SMILES string of the molecule is CCOCCCn1cc(CC)nc1N1CCC(C(C)N)C1. The highest BCUT2D eigenvalue weighted by atomic mass is 16.5. The third-order valence-corrected chi connectivity index (χ3v) is 4.31. The quantitative estimate of drug-likeness (QED) is 0.746. The van der Waals surface area contributed by atoms with Crippen molar-refractivity contribution in [2.45, 2.75) is 52.6 Å². The van der Waals surface area contributed by atoms with Crippen LogP contribution in [0, 0.1) is 5.92 Å². The van der Waals surface area contributed by atoms with Gasteiger partial charge in [-0.2, -0.15) is 0 Å². The Balaban J connectivity index is 2.02. The number of hydrogen-bond acceptors (Lipinski definition) is 4. The Morgan fingerprint density at radius 1 is 1.48 bits per heavy atom. The Kier molecular flexibility index (Phi) is 6.06. The summed E-state index contributed by atoms with van der Waals surface area (Å²) in [6.45, 7) is 11.0. The summed E-state index contributed by atoms with van der Waals surface area (Å²) in [6, 6.07) is 0.266. The van der Waals surface area contributed by atoms with E-state index >= 15 is 0 Å². The first-order chi connectivity index (χ1) is 10.2. The summed E-state index contributed by atoms with van der Waals surface area (Å²) in [4.78, 5) is 7.21. The average molecular weight is 294 g/mol. The molecule has 1 saturated heterocycles. The summed E-state index contributed by atoms with van der Waals surface area (Å²) < 4.78 is 7.73. The largest absolute Gasteiger partial charge is 0.382 e. The van der Waals surface area contributed by atoms with Gasteiger partial charge in [-0.1, -0.05) is 6.92 Å². The van der Waals surface area contributed by atoms with Crippen LogP contribution in [0.2, 0.25) is 0 Å². The molecular formula is C16H30N4O. The van der Waals surface area contributed by atoms with Crippen molar-refractivity contribution in [2.75, 3.05) is 31.2 Å². The third kappa shape index (κ3) is 4.20. The minimum absolute atomic E-state index is 0.266. The maximum Gasteiger partial charge on any atom is 0.205 e. The van der Waals surface area contributed by atoms with Gasteiger partial charge in [0.15, 0.2) is 0 Å². The molecule has 2 rings (SSSR count). The maximum atomic E-state index is 6.05. The van der Waals surface area contributed by atoms with E-state index in [2.05, 4.69) is 29.5 Å². The van der Waals surface area contributed by atoms with E-state index in [1.165, 1.54) is 12.1 Å². The molecule has 21 heavy (non-hydrogen) atoms. The van der Waals surface area contributed by atoms with E-state index in [0.29, 0.717) is 5.92 Å². The third-order valence-electron chi connectivity index (χ3n) is 4.31. The van der Waals surface area contributed by atoms with E-state index in [0.717, 1.165) is 51.6 Å². The molecule has 0 spiro atoms. The number of rotatable bonds is 8. The number of imidazole rings is 1. The van der Waals surface area contributed by atoms with Crippen molar-refractivity contribution in [1.82, 2.24) is 9.55 Å². The van der Waals surface area contributed by atoms with E-state index in [1.807, 2.05) is 6.92 Å². The van der Waals surface area contributed by atoms with Gasteiger partial charge in [0.25, 0.3) is 0 Å². The van der Waals surface area contributed by atoms with Crippen LogP contribution in [0.25, 0.3) is 0 Å². The van der Waals surface area contributed by atoms with Crippen LogP contribution in [0.3, 0.4) is 0 Å². The first-order valence-electron chi connectivity index (χ1n) is 8.30. The number of hydrogen-bond donors (Lipinski definition) is 1. The molecule has 1 aromatic heterocycles. The highest BCUT2D eigenvalue weighted by molar-refractivity contribution is 5.35. The van der Waals surface area contributed by atoms with Crippen LogP contribution >= 0.6 is 0 Å². The standard InChI is InChI=1S/C16H30N4O/c1-4-15-12-19(8-6-10-21-5-2)16(18-15)20-9-7-14(11-20)13(3)17/h12-14H,4-11,17H2,1-3H3. The molecule has 5 nitrogen and oxygen atoms in total. The first-order valence-corrected chi connectivity index (χ1v) is 8.30. The molecule has 0 amide bonds. The second kappa shape index (κ2) is 7.80. The Morgan fingerprint density at radius 3 is 2.90 bits per heavy atom. The van der Waals surface area contributed by atoms with Crippen LogP contribution < -0.4 is 10.6 Å². The minimum Gasteiger partial charge on any atom is -0.382 e. The predicted octanol–water partition coefficient (Wildman–Crippen LogP) is 2.05. The van der Waals surface area contributed by atoms with Gasteiger partial charge in [0.1, 0.15) is 0 Å². The smallest absolute Gasteiger partial charge is 0.205 e. The van der Waals surface area contributed by atoms with Gasteiger partial charge in [0, 0.05) is 45.1 Å². The summed E-state index contributed by atoms with van der Waals surface area (Å²) in [5.74, 6) is 1.70. The zero-order valence-corrected chi connectivity index (χ0v) is 13.7. The molecule has 2 unspecified atom stereocenters. The summed E-state index contributed by atoms with van der Waals surface area (Å²) in [5.41, 5.74) is 7.22. The highest BCUT2D eigenvalue weighted by Crippen LogP contribution is 2.25. The zero-order valence-electron chi connectivity index (χ0n) is 13.7. The van der Waals surface area contributed by atoms with Crippen LogP contribution in [0.5, 0.6) is 0 Å². The van der Waals surface area contributed by atoms with Gasteiger partial charge in [-0.15, -0.1) is 0 Å². The lowest BCUT2D eigenvalue weighted by atomic mass is 10.0. The lowest BCUT2D eigenvalue weighted by molar-refractivity contribution is 0.141. The molecule has 1 fully saturated rings. The molecule has 1 aliphatic heterocycles. The van der Waals surface area contributed by atoms with Gasteiger partial charge >= 0.3 is 0 Å². The molecule has 2 N–H and O–H groups in total. The molecule has 0 saturated carbocycles. The van der Waals surface area contributed by atoms with Gasteiger partial charge in [0.2, 0.25) is 5.95 Å². The fraction of sp³-hybridized carbons (Fsp3) is 0.812. The number of nitrogens with two attached hydrogens (primary N) is 1.